The lowest BCUT2D eigenvalue weighted by Gasteiger charge is -2.03. The Bertz CT molecular complexity index is 2400. The minimum atomic E-state index is -0.970. The topological polar surface area (TPSA) is 149 Å². The molecule has 0 radical (unpaired) electrons. The number of carboxylic acid groups (broad SMARTS) is 4. The first-order valence-electron chi connectivity index (χ1n) is 18.0. The zero-order valence-corrected chi connectivity index (χ0v) is 36.0. The van der Waals surface area contributed by atoms with Crippen LogP contribution >= 0.6 is 56.7 Å². The lowest BCUT2D eigenvalue weighted by atomic mass is 10.0. The SMILES string of the molecule is CC.CC.Cc1cc(-c2ccc(-c3cc(CC(=O)O)c(-c4ccc(-c5sc(-c6ccc(-c7ccc(C(=O)O)c(C)c7)s6)cc5CC(=O)O)s4)s3)s2)ccc1C(=O)O. The average Bonchev–Trinajstić information content (AvgIpc) is 4.02. The average molecular weight is 857 g/mol. The molecule has 0 amide bonds. The van der Waals surface area contributed by atoms with Crippen molar-refractivity contribution in [3.05, 3.63) is 118 Å². The number of hydrogen-bond acceptors (Lipinski definition) is 9. The maximum atomic E-state index is 11.9. The first kappa shape index (κ1) is 43.0. The van der Waals surface area contributed by atoms with Crippen molar-refractivity contribution < 1.29 is 39.6 Å². The van der Waals surface area contributed by atoms with Crippen LogP contribution in [0.2, 0.25) is 0 Å². The normalized spacial score (nSPS) is 10.6. The number of carbonyl (C=O) groups is 4. The first-order chi connectivity index (χ1) is 27.3. The Kier molecular flexibility index (Phi) is 14.2. The van der Waals surface area contributed by atoms with Gasteiger partial charge in [-0.2, -0.15) is 0 Å². The fourth-order valence-electron chi connectivity index (χ4n) is 6.05. The molecule has 0 aliphatic heterocycles. The van der Waals surface area contributed by atoms with E-state index in [0.717, 1.165) is 59.9 Å². The van der Waals surface area contributed by atoms with Gasteiger partial charge in [0.15, 0.2) is 0 Å². The lowest BCUT2D eigenvalue weighted by molar-refractivity contribution is -0.137. The summed E-state index contributed by atoms with van der Waals surface area (Å²) in [7, 11) is 0. The van der Waals surface area contributed by atoms with E-state index in [1.165, 1.54) is 34.0 Å². The van der Waals surface area contributed by atoms with Gasteiger partial charge in [0.25, 0.3) is 0 Å². The van der Waals surface area contributed by atoms with Crippen molar-refractivity contribution in [1.29, 1.82) is 0 Å². The Hall–Kier alpha value is -5.18. The highest BCUT2D eigenvalue weighted by Crippen LogP contribution is 2.49. The fraction of sp³-hybridized carbons (Fsp3) is 0.182. The second-order valence-electron chi connectivity index (χ2n) is 12.2. The van der Waals surface area contributed by atoms with Crippen LogP contribution in [0.1, 0.15) is 70.7 Å². The molecule has 8 nitrogen and oxygen atoms in total. The van der Waals surface area contributed by atoms with E-state index >= 15 is 0 Å². The van der Waals surface area contributed by atoms with Gasteiger partial charge in [-0.3, -0.25) is 9.59 Å². The molecule has 0 fully saturated rings. The third-order valence-electron chi connectivity index (χ3n) is 8.54. The van der Waals surface area contributed by atoms with Gasteiger partial charge in [0.2, 0.25) is 0 Å². The van der Waals surface area contributed by atoms with Crippen LogP contribution in [0.25, 0.3) is 59.9 Å². The van der Waals surface area contributed by atoms with Crippen molar-refractivity contribution in [3.63, 3.8) is 0 Å². The lowest BCUT2D eigenvalue weighted by Crippen LogP contribution is -1.99. The first-order valence-corrected chi connectivity index (χ1v) is 22.1. The van der Waals surface area contributed by atoms with Crippen LogP contribution in [0, 0.1) is 13.8 Å². The summed E-state index contributed by atoms with van der Waals surface area (Å²) in [6.07, 6.45) is -0.306. The number of aliphatic carboxylic acids is 2. The maximum Gasteiger partial charge on any atom is 0.335 e. The third kappa shape index (κ3) is 9.69. The van der Waals surface area contributed by atoms with Crippen molar-refractivity contribution in [3.8, 4) is 59.9 Å². The van der Waals surface area contributed by atoms with Crippen LogP contribution in [0.15, 0.2) is 84.9 Å². The summed E-state index contributed by atoms with van der Waals surface area (Å²) >= 11 is 7.63. The van der Waals surface area contributed by atoms with Crippen LogP contribution in [-0.4, -0.2) is 44.3 Å². The molecule has 294 valence electrons. The van der Waals surface area contributed by atoms with E-state index < -0.39 is 23.9 Å². The van der Waals surface area contributed by atoms with Gasteiger partial charge in [0.05, 0.1) is 24.0 Å². The molecule has 0 aliphatic carbocycles. The second kappa shape index (κ2) is 18.8. The number of benzene rings is 2. The number of aryl methyl sites for hydroxylation is 2. The third-order valence-corrected chi connectivity index (χ3v) is 15.0. The van der Waals surface area contributed by atoms with E-state index in [9.17, 15) is 39.6 Å². The minimum absolute atomic E-state index is 0.153. The molecule has 5 aromatic heterocycles. The van der Waals surface area contributed by atoms with E-state index in [4.69, 9.17) is 0 Å². The van der Waals surface area contributed by atoms with Gasteiger partial charge in [0.1, 0.15) is 0 Å². The quantitative estimate of drug-likeness (QED) is 0.0949. The molecule has 0 unspecified atom stereocenters. The number of hydrogen-bond donors (Lipinski definition) is 4. The number of carboxylic acids is 4. The minimum Gasteiger partial charge on any atom is -0.481 e. The summed E-state index contributed by atoms with van der Waals surface area (Å²) in [5.41, 5.74) is 5.06. The Morgan fingerprint density at radius 1 is 0.421 bits per heavy atom. The monoisotopic (exact) mass is 856 g/mol. The molecule has 7 aromatic rings. The summed E-state index contributed by atoms with van der Waals surface area (Å²) in [6.45, 7) is 11.5. The largest absolute Gasteiger partial charge is 0.481 e. The summed E-state index contributed by atoms with van der Waals surface area (Å²) in [4.78, 5) is 56.1. The summed E-state index contributed by atoms with van der Waals surface area (Å²) in [6, 6.07) is 26.2. The standard InChI is InChI=1S/C40H28O8S5.2C2H6/c1-19-13-21(3-5-25(19)39(45)46)27-7-9-29(49-27)33-15-23(17-35(41)42)37(52-33)31-11-12-32(51-31)38-24(18-36(43)44)16-34(53-38)30-10-8-28(50-30)22-4-6-26(40(47)48)20(2)14-22;2*1-2/h3-16H,17-18H2,1-2H3,(H,41,42)(H,43,44)(H,45,46)(H,47,48);2*1-2H3. The highest BCUT2D eigenvalue weighted by atomic mass is 32.1. The molecule has 4 N–H and O–H groups in total. The van der Waals surface area contributed by atoms with Crippen molar-refractivity contribution in [2.24, 2.45) is 0 Å². The Labute approximate surface area is 350 Å². The van der Waals surface area contributed by atoms with Crippen LogP contribution in [-0.2, 0) is 22.4 Å². The molecule has 2 aromatic carbocycles. The zero-order chi connectivity index (χ0) is 41.6. The molecule has 5 heterocycles. The smallest absolute Gasteiger partial charge is 0.335 e. The molecular weight excluding hydrogens is 817 g/mol. The van der Waals surface area contributed by atoms with Gasteiger partial charge in [0, 0.05) is 48.8 Å². The van der Waals surface area contributed by atoms with Crippen molar-refractivity contribution >= 4 is 80.6 Å². The Morgan fingerprint density at radius 2 is 0.754 bits per heavy atom. The van der Waals surface area contributed by atoms with Crippen LogP contribution in [0.5, 0.6) is 0 Å². The number of rotatable bonds is 12. The Balaban J connectivity index is 0.00000150. The number of thiophene rings is 5. The van der Waals surface area contributed by atoms with E-state index in [-0.39, 0.29) is 24.0 Å². The van der Waals surface area contributed by atoms with Crippen molar-refractivity contribution in [2.75, 3.05) is 0 Å². The molecule has 13 heteroatoms. The van der Waals surface area contributed by atoms with Gasteiger partial charge < -0.3 is 20.4 Å². The number of aromatic carboxylic acids is 2. The molecule has 0 aliphatic rings. The van der Waals surface area contributed by atoms with Gasteiger partial charge >= 0.3 is 23.9 Å². The van der Waals surface area contributed by atoms with Crippen LogP contribution in [0.3, 0.4) is 0 Å². The molecule has 57 heavy (non-hydrogen) atoms. The summed E-state index contributed by atoms with van der Waals surface area (Å²) < 4.78 is 0. The van der Waals surface area contributed by atoms with Crippen LogP contribution < -0.4 is 0 Å². The predicted octanol–water partition coefficient (Wildman–Crippen LogP) is 13.3. The predicted molar refractivity (Wildman–Crippen MR) is 237 cm³/mol. The Morgan fingerprint density at radius 3 is 1.09 bits per heavy atom. The molecule has 0 saturated heterocycles. The molecule has 0 spiro atoms. The molecule has 0 atom stereocenters. The van der Waals surface area contributed by atoms with E-state index in [1.807, 2.05) is 88.4 Å². The van der Waals surface area contributed by atoms with Crippen molar-refractivity contribution in [2.45, 2.75) is 54.4 Å². The van der Waals surface area contributed by atoms with E-state index in [0.29, 0.717) is 22.3 Å². The van der Waals surface area contributed by atoms with Crippen LogP contribution in [0.4, 0.5) is 0 Å². The van der Waals surface area contributed by atoms with E-state index in [1.54, 1.807) is 60.8 Å². The summed E-state index contributed by atoms with van der Waals surface area (Å²) in [5.74, 6) is -3.82. The van der Waals surface area contributed by atoms with Gasteiger partial charge in [-0.05, 0) is 120 Å². The van der Waals surface area contributed by atoms with Gasteiger partial charge in [-0.25, -0.2) is 9.59 Å². The highest BCUT2D eigenvalue weighted by Gasteiger charge is 2.22. The van der Waals surface area contributed by atoms with Gasteiger partial charge in [-0.15, -0.1) is 56.7 Å². The van der Waals surface area contributed by atoms with Crippen molar-refractivity contribution in [1.82, 2.24) is 0 Å². The second-order valence-corrected chi connectivity index (χ2v) is 17.6. The van der Waals surface area contributed by atoms with Gasteiger partial charge in [-0.1, -0.05) is 39.8 Å². The molecule has 0 bridgehead atoms. The fourth-order valence-corrected chi connectivity index (χ4v) is 11.9. The zero-order valence-electron chi connectivity index (χ0n) is 32.0. The molecule has 0 saturated carbocycles. The highest BCUT2D eigenvalue weighted by molar-refractivity contribution is 7.30. The summed E-state index contributed by atoms with van der Waals surface area (Å²) in [5, 5.41) is 38.4. The molecule has 7 rings (SSSR count). The maximum absolute atomic E-state index is 11.9. The molecular formula is C44H40O8S5. The van der Waals surface area contributed by atoms with E-state index in [2.05, 4.69) is 0 Å².